The van der Waals surface area contributed by atoms with Gasteiger partial charge in [0.25, 0.3) is 5.56 Å². The minimum absolute atomic E-state index is 0.00333. The maximum Gasteiger partial charge on any atom is 0.262 e. The largest absolute Gasteiger partial charge is 0.356 e. The minimum Gasteiger partial charge on any atom is -0.356 e. The van der Waals surface area contributed by atoms with Crippen molar-refractivity contribution in [2.45, 2.75) is 45.6 Å². The predicted molar refractivity (Wildman–Crippen MR) is 108 cm³/mol. The van der Waals surface area contributed by atoms with E-state index in [-0.39, 0.29) is 11.5 Å². The first-order chi connectivity index (χ1) is 13.5. The first kappa shape index (κ1) is 19.9. The highest BCUT2D eigenvalue weighted by Gasteiger charge is 2.07. The molecular weight excluding hydrogens is 378 g/mol. The monoisotopic (exact) mass is 401 g/mol. The molecule has 1 amide bonds. The van der Waals surface area contributed by atoms with Crippen molar-refractivity contribution in [3.63, 3.8) is 0 Å². The highest BCUT2D eigenvalue weighted by molar-refractivity contribution is 7.71. The molecule has 8 nitrogen and oxygen atoms in total. The number of aromatic nitrogens is 4. The number of rotatable bonds is 9. The van der Waals surface area contributed by atoms with Gasteiger partial charge < -0.3 is 14.8 Å². The van der Waals surface area contributed by atoms with Gasteiger partial charge in [-0.1, -0.05) is 23.7 Å². The summed E-state index contributed by atoms with van der Waals surface area (Å²) in [7, 11) is 0. The molecule has 2 heterocycles. The van der Waals surface area contributed by atoms with Crippen molar-refractivity contribution in [1.29, 1.82) is 0 Å². The zero-order valence-corrected chi connectivity index (χ0v) is 16.6. The normalized spacial score (nSPS) is 11.0. The number of carbonyl (C=O) groups excluding carboxylic acids is 1. The molecule has 0 saturated carbocycles. The summed E-state index contributed by atoms with van der Waals surface area (Å²) >= 11 is 5.30. The average Bonchev–Trinajstić information content (AvgIpc) is 3.09. The molecule has 148 valence electrons. The van der Waals surface area contributed by atoms with Crippen LogP contribution in [-0.4, -0.2) is 32.1 Å². The van der Waals surface area contributed by atoms with Gasteiger partial charge in [-0.05, 0) is 44.1 Å². The number of nitrogens with one attached hydrogen (secondary N) is 2. The van der Waals surface area contributed by atoms with E-state index in [0.717, 1.165) is 24.8 Å². The lowest BCUT2D eigenvalue weighted by Crippen LogP contribution is -2.25. The van der Waals surface area contributed by atoms with Crippen molar-refractivity contribution in [2.24, 2.45) is 0 Å². The van der Waals surface area contributed by atoms with Crippen LogP contribution in [0.25, 0.3) is 10.9 Å². The van der Waals surface area contributed by atoms with Crippen molar-refractivity contribution in [1.82, 2.24) is 25.0 Å². The zero-order valence-electron chi connectivity index (χ0n) is 15.7. The van der Waals surface area contributed by atoms with E-state index in [0.29, 0.717) is 47.8 Å². The fourth-order valence-electron chi connectivity index (χ4n) is 2.97. The first-order valence-electron chi connectivity index (χ1n) is 9.32. The van der Waals surface area contributed by atoms with E-state index in [4.69, 9.17) is 16.7 Å². The third-order valence-corrected chi connectivity index (χ3v) is 4.73. The minimum atomic E-state index is -0.0756. The topological polar surface area (TPSA) is 106 Å². The Bertz CT molecular complexity index is 1070. The SMILES string of the molecule is Cc1noc(CCNC(=O)CCCCCn2c(=S)[nH]c3ccccc3c2=O)n1. The summed E-state index contributed by atoms with van der Waals surface area (Å²) in [5, 5.41) is 7.18. The lowest BCUT2D eigenvalue weighted by atomic mass is 10.2. The quantitative estimate of drug-likeness (QED) is 0.422. The Balaban J connectivity index is 1.39. The van der Waals surface area contributed by atoms with Gasteiger partial charge in [0.05, 0.1) is 10.9 Å². The molecule has 0 aliphatic heterocycles. The van der Waals surface area contributed by atoms with E-state index in [1.165, 1.54) is 0 Å². The van der Waals surface area contributed by atoms with Crippen molar-refractivity contribution in [3.05, 3.63) is 51.1 Å². The Labute approximate surface area is 167 Å². The van der Waals surface area contributed by atoms with Crippen LogP contribution >= 0.6 is 12.2 Å². The third kappa shape index (κ3) is 5.13. The maximum atomic E-state index is 12.6. The number of carbonyl (C=O) groups is 1. The molecule has 0 aliphatic rings. The second-order valence-electron chi connectivity index (χ2n) is 6.58. The van der Waals surface area contributed by atoms with Gasteiger partial charge in [0.1, 0.15) is 0 Å². The number of nitrogens with zero attached hydrogens (tertiary/aromatic N) is 3. The molecule has 0 atom stereocenters. The van der Waals surface area contributed by atoms with E-state index < -0.39 is 0 Å². The number of amides is 1. The molecule has 2 N–H and O–H groups in total. The number of hydrogen-bond acceptors (Lipinski definition) is 6. The summed E-state index contributed by atoms with van der Waals surface area (Å²) in [6.45, 7) is 2.77. The van der Waals surface area contributed by atoms with Crippen molar-refractivity contribution >= 4 is 29.0 Å². The first-order valence-corrected chi connectivity index (χ1v) is 9.73. The van der Waals surface area contributed by atoms with Crippen LogP contribution in [0.4, 0.5) is 0 Å². The van der Waals surface area contributed by atoms with Crippen LogP contribution in [0, 0.1) is 11.7 Å². The van der Waals surface area contributed by atoms with Crippen molar-refractivity contribution in [2.75, 3.05) is 6.54 Å². The van der Waals surface area contributed by atoms with Gasteiger partial charge in [0, 0.05) is 25.9 Å². The molecular formula is C19H23N5O3S. The fraction of sp³-hybridized carbons (Fsp3) is 0.421. The summed E-state index contributed by atoms with van der Waals surface area (Å²) in [4.78, 5) is 31.6. The van der Waals surface area contributed by atoms with Crippen molar-refractivity contribution < 1.29 is 9.32 Å². The Morgan fingerprint density at radius 1 is 1.29 bits per heavy atom. The molecule has 0 radical (unpaired) electrons. The van der Waals surface area contributed by atoms with Gasteiger partial charge in [-0.25, -0.2) is 0 Å². The molecule has 28 heavy (non-hydrogen) atoms. The molecule has 0 unspecified atom stereocenters. The highest BCUT2D eigenvalue weighted by atomic mass is 32.1. The number of H-pyrrole nitrogens is 1. The number of aromatic amines is 1. The van der Waals surface area contributed by atoms with Gasteiger partial charge in [0.15, 0.2) is 10.6 Å². The van der Waals surface area contributed by atoms with E-state index in [1.54, 1.807) is 17.6 Å². The van der Waals surface area contributed by atoms with Crippen LogP contribution in [0.15, 0.2) is 33.6 Å². The molecule has 3 rings (SSSR count). The Morgan fingerprint density at radius 2 is 2.11 bits per heavy atom. The number of fused-ring (bicyclic) bond motifs is 1. The van der Waals surface area contributed by atoms with Crippen LogP contribution in [-0.2, 0) is 17.8 Å². The second kappa shape index (κ2) is 9.41. The number of unbranched alkanes of at least 4 members (excludes halogenated alkanes) is 2. The van der Waals surface area contributed by atoms with Gasteiger partial charge >= 0.3 is 0 Å². The van der Waals surface area contributed by atoms with Crippen LogP contribution in [0.2, 0.25) is 0 Å². The standard InChI is InChI=1S/C19H23N5O3S/c1-13-21-17(27-23-13)10-11-20-16(25)9-3-2-6-12-24-18(26)14-7-4-5-8-15(14)22-19(24)28/h4-5,7-8H,2-3,6,9-12H2,1H3,(H,20,25)(H,22,28). The summed E-state index contributed by atoms with van der Waals surface area (Å²) in [6, 6.07) is 7.34. The molecule has 1 aromatic carbocycles. The zero-order chi connectivity index (χ0) is 19.9. The van der Waals surface area contributed by atoms with Crippen LogP contribution in [0.5, 0.6) is 0 Å². The number of hydrogen-bond donors (Lipinski definition) is 2. The second-order valence-corrected chi connectivity index (χ2v) is 6.97. The van der Waals surface area contributed by atoms with E-state index in [1.807, 2.05) is 18.2 Å². The lowest BCUT2D eigenvalue weighted by Gasteiger charge is -2.08. The van der Waals surface area contributed by atoms with E-state index in [2.05, 4.69) is 20.4 Å². The number of aryl methyl sites for hydroxylation is 1. The van der Waals surface area contributed by atoms with Crippen LogP contribution in [0.3, 0.4) is 0 Å². The highest BCUT2D eigenvalue weighted by Crippen LogP contribution is 2.07. The predicted octanol–water partition coefficient (Wildman–Crippen LogP) is 2.67. The van der Waals surface area contributed by atoms with Gasteiger partial charge in [-0.15, -0.1) is 0 Å². The van der Waals surface area contributed by atoms with E-state index in [9.17, 15) is 9.59 Å². The van der Waals surface area contributed by atoms with E-state index >= 15 is 0 Å². The summed E-state index contributed by atoms with van der Waals surface area (Å²) < 4.78 is 7.01. The third-order valence-electron chi connectivity index (χ3n) is 4.41. The molecule has 0 spiro atoms. The number of para-hydroxylation sites is 1. The summed E-state index contributed by atoms with van der Waals surface area (Å²) in [6.07, 6.45) is 3.34. The van der Waals surface area contributed by atoms with Gasteiger partial charge in [-0.3, -0.25) is 14.2 Å². The molecule has 2 aromatic heterocycles. The average molecular weight is 401 g/mol. The lowest BCUT2D eigenvalue weighted by molar-refractivity contribution is -0.121. The van der Waals surface area contributed by atoms with Crippen LogP contribution < -0.4 is 10.9 Å². The van der Waals surface area contributed by atoms with Gasteiger partial charge in [0.2, 0.25) is 11.8 Å². The van der Waals surface area contributed by atoms with Crippen LogP contribution in [0.1, 0.15) is 37.4 Å². The Morgan fingerprint density at radius 3 is 2.89 bits per heavy atom. The fourth-order valence-corrected chi connectivity index (χ4v) is 3.26. The smallest absolute Gasteiger partial charge is 0.262 e. The molecule has 3 aromatic rings. The summed E-state index contributed by atoms with van der Waals surface area (Å²) in [5.74, 6) is 1.11. The molecule has 9 heteroatoms. The number of benzene rings is 1. The Hall–Kier alpha value is -2.81. The molecule has 0 saturated heterocycles. The Kier molecular flexibility index (Phi) is 6.70. The molecule has 0 bridgehead atoms. The summed E-state index contributed by atoms with van der Waals surface area (Å²) in [5.41, 5.74) is 0.675. The molecule has 0 aliphatic carbocycles. The van der Waals surface area contributed by atoms with Gasteiger partial charge in [-0.2, -0.15) is 4.98 Å². The molecule has 0 fully saturated rings. The maximum absolute atomic E-state index is 12.6. The van der Waals surface area contributed by atoms with Crippen molar-refractivity contribution in [3.8, 4) is 0 Å².